The smallest absolute Gasteiger partial charge is 0.245 e. The van der Waals surface area contributed by atoms with Crippen molar-refractivity contribution in [1.82, 2.24) is 9.62 Å². The van der Waals surface area contributed by atoms with Crippen molar-refractivity contribution in [3.05, 3.63) is 42.5 Å². The fourth-order valence-corrected chi connectivity index (χ4v) is 3.71. The lowest BCUT2D eigenvalue weighted by Crippen LogP contribution is -2.43. The minimum absolute atomic E-state index is 0.0916. The Bertz CT molecular complexity index is 638. The molecule has 0 bridgehead atoms. The first-order chi connectivity index (χ1) is 10.4. The third-order valence-electron chi connectivity index (χ3n) is 3.90. The zero-order valence-corrected chi connectivity index (χ0v) is 13.6. The average Bonchev–Trinajstić information content (AvgIpc) is 2.53. The SMILES string of the molecule is C=CC(=O)N1CCCC(CNS(=O)(=O)c2ccc(C)cc2)C1. The molecule has 1 aromatic rings. The van der Waals surface area contributed by atoms with Crippen molar-refractivity contribution >= 4 is 15.9 Å². The van der Waals surface area contributed by atoms with Gasteiger partial charge in [0.1, 0.15) is 0 Å². The van der Waals surface area contributed by atoms with Crippen LogP contribution in [0.2, 0.25) is 0 Å². The van der Waals surface area contributed by atoms with E-state index in [-0.39, 0.29) is 16.7 Å². The second-order valence-electron chi connectivity index (χ2n) is 5.66. The van der Waals surface area contributed by atoms with E-state index in [1.807, 2.05) is 6.92 Å². The summed E-state index contributed by atoms with van der Waals surface area (Å²) in [6.45, 7) is 7.03. The number of rotatable bonds is 5. The molecule has 1 heterocycles. The fraction of sp³-hybridized carbons (Fsp3) is 0.438. The summed E-state index contributed by atoms with van der Waals surface area (Å²) in [5.41, 5.74) is 1.02. The van der Waals surface area contributed by atoms with Gasteiger partial charge in [0.15, 0.2) is 0 Å². The number of carbonyl (C=O) groups is 1. The minimum Gasteiger partial charge on any atom is -0.339 e. The molecule has 1 atom stereocenters. The van der Waals surface area contributed by atoms with Crippen molar-refractivity contribution in [2.24, 2.45) is 5.92 Å². The lowest BCUT2D eigenvalue weighted by atomic mass is 9.98. The zero-order valence-electron chi connectivity index (χ0n) is 12.8. The molecule has 120 valence electrons. The van der Waals surface area contributed by atoms with Crippen LogP contribution in [0.3, 0.4) is 0 Å². The van der Waals surface area contributed by atoms with Crippen molar-refractivity contribution in [3.63, 3.8) is 0 Å². The first-order valence-corrected chi connectivity index (χ1v) is 8.88. The van der Waals surface area contributed by atoms with Gasteiger partial charge in [-0.3, -0.25) is 4.79 Å². The van der Waals surface area contributed by atoms with Crippen LogP contribution < -0.4 is 4.72 Å². The molecule has 1 aliphatic heterocycles. The molecule has 0 spiro atoms. The largest absolute Gasteiger partial charge is 0.339 e. The zero-order chi connectivity index (χ0) is 16.2. The van der Waals surface area contributed by atoms with E-state index < -0.39 is 10.0 Å². The highest BCUT2D eigenvalue weighted by molar-refractivity contribution is 7.89. The Morgan fingerprint density at radius 1 is 1.41 bits per heavy atom. The minimum atomic E-state index is -3.49. The van der Waals surface area contributed by atoms with E-state index in [2.05, 4.69) is 11.3 Å². The Kier molecular flexibility index (Phi) is 5.37. The number of hydrogen-bond donors (Lipinski definition) is 1. The monoisotopic (exact) mass is 322 g/mol. The van der Waals surface area contributed by atoms with Crippen molar-refractivity contribution in [1.29, 1.82) is 0 Å². The van der Waals surface area contributed by atoms with Crippen LogP contribution in [-0.2, 0) is 14.8 Å². The summed E-state index contributed by atoms with van der Waals surface area (Å²) in [4.78, 5) is 13.6. The van der Waals surface area contributed by atoms with Gasteiger partial charge in [0.25, 0.3) is 0 Å². The van der Waals surface area contributed by atoms with Gasteiger partial charge in [0.05, 0.1) is 4.90 Å². The van der Waals surface area contributed by atoms with Gasteiger partial charge in [0.2, 0.25) is 15.9 Å². The summed E-state index contributed by atoms with van der Waals surface area (Å²) in [5, 5.41) is 0. The highest BCUT2D eigenvalue weighted by Crippen LogP contribution is 2.17. The van der Waals surface area contributed by atoms with E-state index in [4.69, 9.17) is 0 Å². The maximum Gasteiger partial charge on any atom is 0.245 e. The molecule has 1 aliphatic rings. The van der Waals surface area contributed by atoms with Crippen LogP contribution in [0.4, 0.5) is 0 Å². The molecule has 0 radical (unpaired) electrons. The second-order valence-corrected chi connectivity index (χ2v) is 7.43. The molecule has 1 saturated heterocycles. The van der Waals surface area contributed by atoms with Crippen molar-refractivity contribution < 1.29 is 13.2 Å². The summed E-state index contributed by atoms with van der Waals surface area (Å²) in [6.07, 6.45) is 3.10. The maximum atomic E-state index is 12.2. The summed E-state index contributed by atoms with van der Waals surface area (Å²) >= 11 is 0. The number of aryl methyl sites for hydroxylation is 1. The molecule has 0 saturated carbocycles. The number of hydrogen-bond acceptors (Lipinski definition) is 3. The highest BCUT2D eigenvalue weighted by atomic mass is 32.2. The van der Waals surface area contributed by atoms with Gasteiger partial charge in [-0.05, 0) is 43.9 Å². The molecule has 1 unspecified atom stereocenters. The van der Waals surface area contributed by atoms with E-state index >= 15 is 0 Å². The first-order valence-electron chi connectivity index (χ1n) is 7.40. The van der Waals surface area contributed by atoms with E-state index in [9.17, 15) is 13.2 Å². The van der Waals surface area contributed by atoms with Crippen LogP contribution in [0, 0.1) is 12.8 Å². The Labute approximate surface area is 132 Å². The van der Waals surface area contributed by atoms with Crippen molar-refractivity contribution in [3.8, 4) is 0 Å². The van der Waals surface area contributed by atoms with Gasteiger partial charge >= 0.3 is 0 Å². The van der Waals surface area contributed by atoms with Crippen LogP contribution >= 0.6 is 0 Å². The molecule has 0 aliphatic carbocycles. The second kappa shape index (κ2) is 7.07. The highest BCUT2D eigenvalue weighted by Gasteiger charge is 2.24. The molecule has 22 heavy (non-hydrogen) atoms. The first kappa shape index (κ1) is 16.7. The van der Waals surface area contributed by atoms with Crippen LogP contribution in [0.5, 0.6) is 0 Å². The number of benzene rings is 1. The topological polar surface area (TPSA) is 66.5 Å². The Hall–Kier alpha value is -1.66. The lowest BCUT2D eigenvalue weighted by Gasteiger charge is -2.32. The van der Waals surface area contributed by atoms with E-state index in [0.717, 1.165) is 18.4 Å². The number of sulfonamides is 1. The molecule has 1 fully saturated rings. The molecule has 5 nitrogen and oxygen atoms in total. The normalized spacial score (nSPS) is 19.0. The third-order valence-corrected chi connectivity index (χ3v) is 5.34. The lowest BCUT2D eigenvalue weighted by molar-refractivity contribution is -0.127. The molecular formula is C16H22N2O3S. The Morgan fingerprint density at radius 3 is 2.73 bits per heavy atom. The quantitative estimate of drug-likeness (QED) is 0.839. The summed E-state index contributed by atoms with van der Waals surface area (Å²) in [7, 11) is -3.49. The van der Waals surface area contributed by atoms with Gasteiger partial charge in [-0.15, -0.1) is 0 Å². The summed E-state index contributed by atoms with van der Waals surface area (Å²) in [6, 6.07) is 6.76. The van der Waals surface area contributed by atoms with Crippen LogP contribution in [0.25, 0.3) is 0 Å². The predicted molar refractivity (Wildman–Crippen MR) is 85.9 cm³/mol. The number of amides is 1. The van der Waals surface area contributed by atoms with Crippen LogP contribution in [-0.4, -0.2) is 38.9 Å². The van der Waals surface area contributed by atoms with Gasteiger partial charge in [-0.2, -0.15) is 0 Å². The molecule has 0 aromatic heterocycles. The third kappa shape index (κ3) is 4.18. The van der Waals surface area contributed by atoms with Crippen LogP contribution in [0.1, 0.15) is 18.4 Å². The number of piperidine rings is 1. The number of carbonyl (C=O) groups excluding carboxylic acids is 1. The Morgan fingerprint density at radius 2 is 2.09 bits per heavy atom. The van der Waals surface area contributed by atoms with Gasteiger partial charge in [0, 0.05) is 19.6 Å². The van der Waals surface area contributed by atoms with E-state index in [1.165, 1.54) is 6.08 Å². The molecule has 2 rings (SSSR count). The number of likely N-dealkylation sites (tertiary alicyclic amines) is 1. The van der Waals surface area contributed by atoms with Gasteiger partial charge in [-0.25, -0.2) is 13.1 Å². The van der Waals surface area contributed by atoms with E-state index in [1.54, 1.807) is 29.2 Å². The molecule has 1 amide bonds. The Balaban J connectivity index is 1.95. The summed E-state index contributed by atoms with van der Waals surface area (Å²) < 4.78 is 27.2. The fourth-order valence-electron chi connectivity index (χ4n) is 2.59. The molecule has 1 N–H and O–H groups in total. The number of nitrogens with one attached hydrogen (secondary N) is 1. The van der Waals surface area contributed by atoms with E-state index in [0.29, 0.717) is 19.6 Å². The maximum absolute atomic E-state index is 12.2. The van der Waals surface area contributed by atoms with Crippen LogP contribution in [0.15, 0.2) is 41.8 Å². The summed E-state index contributed by atoms with van der Waals surface area (Å²) in [5.74, 6) is 0.0453. The standard InChI is InChI=1S/C16H22N2O3S/c1-3-16(19)18-10-4-5-14(12-18)11-17-22(20,21)15-8-6-13(2)7-9-15/h3,6-9,14,17H,1,4-5,10-12H2,2H3. The van der Waals surface area contributed by atoms with Gasteiger partial charge in [-0.1, -0.05) is 24.3 Å². The molecule has 6 heteroatoms. The molecular weight excluding hydrogens is 300 g/mol. The van der Waals surface area contributed by atoms with Crippen molar-refractivity contribution in [2.45, 2.75) is 24.7 Å². The predicted octanol–water partition coefficient (Wildman–Crippen LogP) is 1.70. The van der Waals surface area contributed by atoms with Crippen molar-refractivity contribution in [2.75, 3.05) is 19.6 Å². The van der Waals surface area contributed by atoms with Gasteiger partial charge < -0.3 is 4.90 Å². The number of nitrogens with zero attached hydrogens (tertiary/aromatic N) is 1. The molecule has 1 aromatic carbocycles. The average molecular weight is 322 g/mol.